The van der Waals surface area contributed by atoms with Crippen LogP contribution in [0.25, 0.3) is 21.8 Å². The van der Waals surface area contributed by atoms with Crippen molar-refractivity contribution in [1.82, 2.24) is 9.97 Å². The van der Waals surface area contributed by atoms with Crippen molar-refractivity contribution >= 4 is 66.8 Å². The highest BCUT2D eigenvalue weighted by Crippen LogP contribution is 2.25. The number of rotatable bonds is 7. The van der Waals surface area contributed by atoms with E-state index >= 15 is 0 Å². The maximum atomic E-state index is 12.6. The molecular formula is C24H22N4O2S2. The van der Waals surface area contributed by atoms with Crippen LogP contribution in [0.3, 0.4) is 0 Å². The van der Waals surface area contributed by atoms with Gasteiger partial charge in [-0.15, -0.1) is 0 Å². The summed E-state index contributed by atoms with van der Waals surface area (Å²) in [6.07, 6.45) is 0. The molecule has 0 unspecified atom stereocenters. The number of nitrogens with zero attached hydrogens (tertiary/aromatic N) is 4. The topological polar surface area (TPSA) is 66.4 Å². The fourth-order valence-electron chi connectivity index (χ4n) is 3.12. The Morgan fingerprint density at radius 2 is 1.06 bits per heavy atom. The summed E-state index contributed by atoms with van der Waals surface area (Å²) in [6.45, 7) is 0. The Labute approximate surface area is 194 Å². The van der Waals surface area contributed by atoms with Gasteiger partial charge in [-0.3, -0.25) is 19.4 Å². The monoisotopic (exact) mass is 462 g/mol. The quantitative estimate of drug-likeness (QED) is 0.291. The van der Waals surface area contributed by atoms with Crippen LogP contribution in [0.5, 0.6) is 0 Å². The Balaban J connectivity index is 1.27. The fraction of sp³-hybridized carbons (Fsp3) is 0.167. The molecule has 2 aromatic carbocycles. The molecule has 0 saturated heterocycles. The number of aromatic nitrogens is 2. The molecule has 8 heteroatoms. The van der Waals surface area contributed by atoms with Gasteiger partial charge in [0.15, 0.2) is 0 Å². The van der Waals surface area contributed by atoms with Gasteiger partial charge in [0.2, 0.25) is 11.8 Å². The van der Waals surface area contributed by atoms with Gasteiger partial charge in [0.1, 0.15) is 11.6 Å². The van der Waals surface area contributed by atoms with Gasteiger partial charge in [-0.05, 0) is 36.4 Å². The molecule has 162 valence electrons. The number of amides is 2. The molecule has 0 aliphatic heterocycles. The average Bonchev–Trinajstić information content (AvgIpc) is 2.84. The van der Waals surface area contributed by atoms with Gasteiger partial charge in [-0.25, -0.2) is 9.97 Å². The molecule has 32 heavy (non-hydrogen) atoms. The first-order valence-electron chi connectivity index (χ1n) is 10.0. The van der Waals surface area contributed by atoms with E-state index in [0.29, 0.717) is 11.6 Å². The lowest BCUT2D eigenvalue weighted by Crippen LogP contribution is -2.29. The summed E-state index contributed by atoms with van der Waals surface area (Å²) in [6, 6.07) is 23.2. The van der Waals surface area contributed by atoms with E-state index in [2.05, 4.69) is 9.97 Å². The average molecular weight is 463 g/mol. The minimum Gasteiger partial charge on any atom is -0.299 e. The van der Waals surface area contributed by atoms with E-state index in [1.54, 1.807) is 23.9 Å². The van der Waals surface area contributed by atoms with E-state index in [-0.39, 0.29) is 23.3 Å². The zero-order chi connectivity index (χ0) is 22.5. The Bertz CT molecular complexity index is 1180. The van der Waals surface area contributed by atoms with Gasteiger partial charge in [0.05, 0.1) is 22.5 Å². The highest BCUT2D eigenvalue weighted by molar-refractivity contribution is 8.77. The van der Waals surface area contributed by atoms with E-state index in [0.717, 1.165) is 21.8 Å². The number of fused-ring (bicyclic) bond motifs is 2. The number of carbonyl (C=O) groups excluding carboxylic acids is 2. The molecule has 0 spiro atoms. The summed E-state index contributed by atoms with van der Waals surface area (Å²) in [5.41, 5.74) is 1.70. The van der Waals surface area contributed by atoms with Crippen molar-refractivity contribution in [2.45, 2.75) is 0 Å². The standard InChI is InChI=1S/C24H22N4O2S2/c1-27(21-13-11-17-7-3-5-9-19(17)25-21)23(29)15-31-32-16-24(30)28(2)22-14-12-18-8-4-6-10-20(18)26-22/h3-14H,15-16H2,1-2H3. The Morgan fingerprint density at radius 1 is 0.656 bits per heavy atom. The maximum absolute atomic E-state index is 12.6. The van der Waals surface area contributed by atoms with Gasteiger partial charge >= 0.3 is 0 Å². The van der Waals surface area contributed by atoms with Crippen molar-refractivity contribution in [3.63, 3.8) is 0 Å². The lowest BCUT2D eigenvalue weighted by Gasteiger charge is -2.17. The van der Waals surface area contributed by atoms with Crippen molar-refractivity contribution in [2.24, 2.45) is 0 Å². The summed E-state index contributed by atoms with van der Waals surface area (Å²) < 4.78 is 0. The number of hydrogen-bond acceptors (Lipinski definition) is 6. The number of pyridine rings is 2. The lowest BCUT2D eigenvalue weighted by molar-refractivity contribution is -0.116. The summed E-state index contributed by atoms with van der Waals surface area (Å²) >= 11 is 0. The van der Waals surface area contributed by atoms with Gasteiger partial charge in [0.25, 0.3) is 0 Å². The third-order valence-corrected chi connectivity index (χ3v) is 7.15. The summed E-state index contributed by atoms with van der Waals surface area (Å²) in [5.74, 6) is 1.58. The van der Waals surface area contributed by atoms with Gasteiger partial charge in [-0.1, -0.05) is 58.0 Å². The number of para-hydroxylation sites is 2. The molecule has 4 rings (SSSR count). The van der Waals surface area contributed by atoms with Crippen LogP contribution in [-0.2, 0) is 9.59 Å². The van der Waals surface area contributed by atoms with Crippen LogP contribution in [0.1, 0.15) is 0 Å². The first kappa shape index (κ1) is 22.1. The molecule has 0 aliphatic carbocycles. The second kappa shape index (κ2) is 10.0. The van der Waals surface area contributed by atoms with Gasteiger partial charge in [-0.2, -0.15) is 0 Å². The lowest BCUT2D eigenvalue weighted by atomic mass is 10.2. The highest BCUT2D eigenvalue weighted by Gasteiger charge is 2.16. The van der Waals surface area contributed by atoms with E-state index in [1.165, 1.54) is 21.6 Å². The fourth-order valence-corrected chi connectivity index (χ4v) is 4.98. The number of benzene rings is 2. The van der Waals surface area contributed by atoms with E-state index in [1.807, 2.05) is 72.8 Å². The minimum absolute atomic E-state index is 0.0673. The molecule has 0 atom stereocenters. The normalized spacial score (nSPS) is 10.9. The van der Waals surface area contributed by atoms with E-state index in [4.69, 9.17) is 0 Å². The SMILES string of the molecule is CN(C(=O)CSSCC(=O)N(C)c1ccc2ccccc2n1)c1ccc2ccccc2n1. The number of hydrogen-bond donors (Lipinski definition) is 0. The second-order valence-electron chi connectivity index (χ2n) is 7.15. The molecule has 2 amide bonds. The highest BCUT2D eigenvalue weighted by atomic mass is 33.1. The molecule has 0 fully saturated rings. The van der Waals surface area contributed by atoms with Crippen LogP contribution in [0.15, 0.2) is 72.8 Å². The Hall–Kier alpha value is -3.10. The zero-order valence-corrected chi connectivity index (χ0v) is 19.4. The van der Waals surface area contributed by atoms with Crippen molar-refractivity contribution in [2.75, 3.05) is 35.4 Å². The molecular weight excluding hydrogens is 440 g/mol. The zero-order valence-electron chi connectivity index (χ0n) is 17.8. The molecule has 0 saturated carbocycles. The second-order valence-corrected chi connectivity index (χ2v) is 9.62. The van der Waals surface area contributed by atoms with Crippen molar-refractivity contribution < 1.29 is 9.59 Å². The predicted molar refractivity (Wildman–Crippen MR) is 135 cm³/mol. The van der Waals surface area contributed by atoms with E-state index < -0.39 is 0 Å². The van der Waals surface area contributed by atoms with Crippen LogP contribution in [0, 0.1) is 0 Å². The molecule has 4 aromatic rings. The first-order chi connectivity index (χ1) is 15.5. The van der Waals surface area contributed by atoms with Crippen molar-refractivity contribution in [3.8, 4) is 0 Å². The number of carbonyl (C=O) groups is 2. The molecule has 0 N–H and O–H groups in total. The van der Waals surface area contributed by atoms with Gasteiger partial charge < -0.3 is 0 Å². The van der Waals surface area contributed by atoms with Crippen LogP contribution in [-0.4, -0.2) is 47.4 Å². The van der Waals surface area contributed by atoms with Crippen molar-refractivity contribution in [3.05, 3.63) is 72.8 Å². The third-order valence-electron chi connectivity index (χ3n) is 5.05. The van der Waals surface area contributed by atoms with Gasteiger partial charge in [0, 0.05) is 24.9 Å². The molecule has 0 bridgehead atoms. The largest absolute Gasteiger partial charge is 0.299 e. The van der Waals surface area contributed by atoms with Crippen molar-refractivity contribution in [1.29, 1.82) is 0 Å². The molecule has 2 heterocycles. The van der Waals surface area contributed by atoms with Crippen LogP contribution in [0.2, 0.25) is 0 Å². The predicted octanol–water partition coefficient (Wildman–Crippen LogP) is 4.79. The first-order valence-corrected chi connectivity index (χ1v) is 12.5. The van der Waals surface area contributed by atoms with Crippen LogP contribution >= 0.6 is 21.6 Å². The van der Waals surface area contributed by atoms with Crippen LogP contribution in [0.4, 0.5) is 11.6 Å². The molecule has 0 aliphatic rings. The molecule has 0 radical (unpaired) electrons. The Morgan fingerprint density at radius 3 is 1.50 bits per heavy atom. The molecule has 6 nitrogen and oxygen atoms in total. The summed E-state index contributed by atoms with van der Waals surface area (Å²) in [5, 5.41) is 2.07. The number of anilines is 2. The minimum atomic E-state index is -0.0673. The Kier molecular flexibility index (Phi) is 6.92. The smallest absolute Gasteiger partial charge is 0.238 e. The summed E-state index contributed by atoms with van der Waals surface area (Å²) in [7, 11) is 6.16. The summed E-state index contributed by atoms with van der Waals surface area (Å²) in [4.78, 5) is 37.3. The third kappa shape index (κ3) is 5.03. The van der Waals surface area contributed by atoms with Crippen LogP contribution < -0.4 is 9.80 Å². The maximum Gasteiger partial charge on any atom is 0.238 e. The molecule has 2 aromatic heterocycles. The van der Waals surface area contributed by atoms with E-state index in [9.17, 15) is 9.59 Å².